The van der Waals surface area contributed by atoms with Gasteiger partial charge in [0.2, 0.25) is 5.91 Å². The van der Waals surface area contributed by atoms with Gasteiger partial charge in [-0.15, -0.1) is 0 Å². The Labute approximate surface area is 148 Å². The lowest BCUT2D eigenvalue weighted by molar-refractivity contribution is -0.111. The van der Waals surface area contributed by atoms with E-state index in [9.17, 15) is 4.79 Å². The number of aromatic nitrogens is 1. The van der Waals surface area contributed by atoms with Crippen LogP contribution in [0.1, 0.15) is 5.56 Å². The fourth-order valence-electron chi connectivity index (χ4n) is 2.38. The highest BCUT2D eigenvalue weighted by Crippen LogP contribution is 2.28. The van der Waals surface area contributed by atoms with Gasteiger partial charge in [-0.25, -0.2) is 0 Å². The van der Waals surface area contributed by atoms with Gasteiger partial charge in [-0.05, 0) is 30.3 Å². The van der Waals surface area contributed by atoms with Gasteiger partial charge in [-0.2, -0.15) is 0 Å². The summed E-state index contributed by atoms with van der Waals surface area (Å²) in [6, 6.07) is 15.2. The molecule has 0 aliphatic carbocycles. The van der Waals surface area contributed by atoms with E-state index in [1.54, 1.807) is 31.5 Å². The zero-order valence-electron chi connectivity index (χ0n) is 13.0. The fraction of sp³-hybridized carbons (Fsp3) is 0.0526. The molecule has 0 bridgehead atoms. The molecule has 5 heteroatoms. The molecule has 1 heterocycles. The summed E-state index contributed by atoms with van der Waals surface area (Å²) in [5, 5.41) is 3.86. The van der Waals surface area contributed by atoms with Crippen molar-refractivity contribution < 1.29 is 9.53 Å². The molecule has 2 aromatic carbocycles. The van der Waals surface area contributed by atoms with E-state index in [-0.39, 0.29) is 5.91 Å². The lowest BCUT2D eigenvalue weighted by atomic mass is 10.1. The van der Waals surface area contributed by atoms with Crippen molar-refractivity contribution in [3.8, 4) is 5.75 Å². The number of methoxy groups -OCH3 is 1. The lowest BCUT2D eigenvalue weighted by Gasteiger charge is -2.09. The van der Waals surface area contributed by atoms with Gasteiger partial charge < -0.3 is 10.1 Å². The Kier molecular flexibility index (Phi) is 4.91. The Bertz CT molecular complexity index is 917. The number of nitrogens with one attached hydrogen (secondary N) is 1. The van der Waals surface area contributed by atoms with Crippen LogP contribution in [-0.2, 0) is 4.79 Å². The standard InChI is InChI=1S/C19H15BrN2O2/c1-24-17-9-8-15(20)12-16(17)22-18(23)10-7-14-5-2-4-13-6-3-11-21-19(13)14/h2-12H,1H3,(H,22,23). The molecule has 24 heavy (non-hydrogen) atoms. The van der Waals surface area contributed by atoms with Crippen molar-refractivity contribution in [3.05, 3.63) is 70.8 Å². The minimum atomic E-state index is -0.237. The molecule has 1 N–H and O–H groups in total. The summed E-state index contributed by atoms with van der Waals surface area (Å²) in [6.45, 7) is 0. The van der Waals surface area contributed by atoms with Gasteiger partial charge in [0.05, 0.1) is 18.3 Å². The molecule has 3 rings (SSSR count). The van der Waals surface area contributed by atoms with E-state index in [1.807, 2.05) is 36.4 Å². The van der Waals surface area contributed by atoms with Crippen LogP contribution >= 0.6 is 15.9 Å². The highest BCUT2D eigenvalue weighted by Gasteiger charge is 2.06. The second-order valence-corrected chi connectivity index (χ2v) is 6.01. The van der Waals surface area contributed by atoms with E-state index in [1.165, 1.54) is 6.08 Å². The first-order chi connectivity index (χ1) is 11.7. The molecule has 3 aromatic rings. The summed E-state index contributed by atoms with van der Waals surface area (Å²) < 4.78 is 6.11. The molecule has 0 aliphatic rings. The average molecular weight is 383 g/mol. The van der Waals surface area contributed by atoms with Crippen LogP contribution in [0.4, 0.5) is 5.69 Å². The molecule has 0 fully saturated rings. The van der Waals surface area contributed by atoms with Crippen LogP contribution < -0.4 is 10.1 Å². The van der Waals surface area contributed by atoms with Crippen molar-refractivity contribution in [2.45, 2.75) is 0 Å². The average Bonchev–Trinajstić information content (AvgIpc) is 2.60. The molecular formula is C19H15BrN2O2. The topological polar surface area (TPSA) is 51.2 Å². The first-order valence-corrected chi connectivity index (χ1v) is 8.13. The van der Waals surface area contributed by atoms with Crippen LogP contribution in [-0.4, -0.2) is 18.0 Å². The molecule has 0 atom stereocenters. The molecule has 0 unspecified atom stereocenters. The third kappa shape index (κ3) is 3.63. The van der Waals surface area contributed by atoms with Crippen LogP contribution in [0.2, 0.25) is 0 Å². The van der Waals surface area contributed by atoms with E-state index in [2.05, 4.69) is 26.2 Å². The van der Waals surface area contributed by atoms with Crippen LogP contribution in [0.15, 0.2) is 65.3 Å². The van der Waals surface area contributed by atoms with Crippen LogP contribution in [0.3, 0.4) is 0 Å². The first-order valence-electron chi connectivity index (χ1n) is 7.34. The van der Waals surface area contributed by atoms with E-state index in [4.69, 9.17) is 4.74 Å². The van der Waals surface area contributed by atoms with Gasteiger partial charge in [-0.1, -0.05) is 40.2 Å². The molecule has 0 spiro atoms. The predicted octanol–water partition coefficient (Wildman–Crippen LogP) is 4.66. The van der Waals surface area contributed by atoms with Gasteiger partial charge in [0.15, 0.2) is 0 Å². The van der Waals surface area contributed by atoms with Crippen LogP contribution in [0.25, 0.3) is 17.0 Å². The van der Waals surface area contributed by atoms with Crippen LogP contribution in [0, 0.1) is 0 Å². The Hall–Kier alpha value is -2.66. The first kappa shape index (κ1) is 16.2. The summed E-state index contributed by atoms with van der Waals surface area (Å²) in [4.78, 5) is 16.6. The highest BCUT2D eigenvalue weighted by molar-refractivity contribution is 9.10. The third-order valence-corrected chi connectivity index (χ3v) is 3.99. The number of halogens is 1. The van der Waals surface area contributed by atoms with Crippen molar-refractivity contribution >= 4 is 44.5 Å². The molecule has 0 aliphatic heterocycles. The predicted molar refractivity (Wildman–Crippen MR) is 100 cm³/mol. The number of carbonyl (C=O) groups excluding carboxylic acids is 1. The lowest BCUT2D eigenvalue weighted by Crippen LogP contribution is -2.08. The number of pyridine rings is 1. The van der Waals surface area contributed by atoms with E-state index in [0.717, 1.165) is 20.9 Å². The summed E-state index contributed by atoms with van der Waals surface area (Å²) in [7, 11) is 1.57. The zero-order valence-corrected chi connectivity index (χ0v) is 14.6. The number of carbonyl (C=O) groups is 1. The quantitative estimate of drug-likeness (QED) is 0.667. The number of amides is 1. The van der Waals surface area contributed by atoms with Gasteiger partial charge in [0.25, 0.3) is 0 Å². The minimum absolute atomic E-state index is 0.237. The largest absolute Gasteiger partial charge is 0.495 e. The summed E-state index contributed by atoms with van der Waals surface area (Å²) >= 11 is 3.39. The number of para-hydroxylation sites is 1. The van der Waals surface area contributed by atoms with Crippen molar-refractivity contribution in [1.82, 2.24) is 4.98 Å². The summed E-state index contributed by atoms with van der Waals surface area (Å²) in [5.74, 6) is 0.367. The van der Waals surface area contributed by atoms with Crippen LogP contribution in [0.5, 0.6) is 5.75 Å². The summed E-state index contributed by atoms with van der Waals surface area (Å²) in [6.07, 6.45) is 4.99. The van der Waals surface area contributed by atoms with Crippen molar-refractivity contribution in [3.63, 3.8) is 0 Å². The maximum Gasteiger partial charge on any atom is 0.248 e. The minimum Gasteiger partial charge on any atom is -0.495 e. The molecule has 4 nitrogen and oxygen atoms in total. The fourth-order valence-corrected chi connectivity index (χ4v) is 2.74. The second kappa shape index (κ2) is 7.27. The molecule has 0 saturated heterocycles. The number of anilines is 1. The number of hydrogen-bond acceptors (Lipinski definition) is 3. The van der Waals surface area contributed by atoms with Gasteiger partial charge in [0.1, 0.15) is 5.75 Å². The van der Waals surface area contributed by atoms with Gasteiger partial charge in [0, 0.05) is 27.7 Å². The van der Waals surface area contributed by atoms with E-state index >= 15 is 0 Å². The Morgan fingerprint density at radius 3 is 2.88 bits per heavy atom. The Morgan fingerprint density at radius 2 is 2.04 bits per heavy atom. The van der Waals surface area contributed by atoms with Gasteiger partial charge in [-0.3, -0.25) is 9.78 Å². The monoisotopic (exact) mass is 382 g/mol. The number of benzene rings is 2. The molecule has 120 valence electrons. The highest BCUT2D eigenvalue weighted by atomic mass is 79.9. The smallest absolute Gasteiger partial charge is 0.248 e. The van der Waals surface area contributed by atoms with Crippen molar-refractivity contribution in [2.24, 2.45) is 0 Å². The Balaban J connectivity index is 1.82. The van der Waals surface area contributed by atoms with Gasteiger partial charge >= 0.3 is 0 Å². The third-order valence-electron chi connectivity index (χ3n) is 3.50. The molecular weight excluding hydrogens is 368 g/mol. The molecule has 1 amide bonds. The normalized spacial score (nSPS) is 10.9. The number of ether oxygens (including phenoxy) is 1. The number of rotatable bonds is 4. The summed E-state index contributed by atoms with van der Waals surface area (Å²) in [5.41, 5.74) is 2.37. The van der Waals surface area contributed by atoms with E-state index in [0.29, 0.717) is 11.4 Å². The maximum atomic E-state index is 12.2. The zero-order chi connectivity index (χ0) is 16.9. The maximum absolute atomic E-state index is 12.2. The molecule has 1 aromatic heterocycles. The number of hydrogen-bond donors (Lipinski definition) is 1. The van der Waals surface area contributed by atoms with Crippen molar-refractivity contribution in [2.75, 3.05) is 12.4 Å². The number of fused-ring (bicyclic) bond motifs is 1. The van der Waals surface area contributed by atoms with Crippen molar-refractivity contribution in [1.29, 1.82) is 0 Å². The Morgan fingerprint density at radius 1 is 1.21 bits per heavy atom. The SMILES string of the molecule is COc1ccc(Br)cc1NC(=O)C=Cc1cccc2cccnc12. The second-order valence-electron chi connectivity index (χ2n) is 5.09. The molecule has 0 saturated carbocycles. The molecule has 0 radical (unpaired) electrons. The number of nitrogens with zero attached hydrogens (tertiary/aromatic N) is 1. The van der Waals surface area contributed by atoms with E-state index < -0.39 is 0 Å².